The third kappa shape index (κ3) is 4.59. The van der Waals surface area contributed by atoms with Crippen molar-refractivity contribution in [3.63, 3.8) is 0 Å². The quantitative estimate of drug-likeness (QED) is 0.288. The predicted molar refractivity (Wildman–Crippen MR) is 71.9 cm³/mol. The summed E-state index contributed by atoms with van der Waals surface area (Å²) in [7, 11) is 0. The molecule has 112 valence electrons. The molecular weight excluding hydrogens is 291 g/mol. The normalized spacial score (nSPS) is 13.0. The van der Waals surface area contributed by atoms with Gasteiger partial charge in [-0.3, -0.25) is 0 Å². The molecule has 0 amide bonds. The van der Waals surface area contributed by atoms with Gasteiger partial charge in [0.25, 0.3) is 0 Å². The van der Waals surface area contributed by atoms with E-state index in [1.165, 1.54) is 17.8 Å². The van der Waals surface area contributed by atoms with Gasteiger partial charge in [-0.1, -0.05) is 19.0 Å². The number of oxime groups is 1. The molecule has 0 unspecified atom stereocenters. The molecule has 4 nitrogen and oxygen atoms in total. The van der Waals surface area contributed by atoms with Crippen molar-refractivity contribution in [1.29, 1.82) is 0 Å². The maximum atomic E-state index is 12.7. The average Bonchev–Trinajstić information content (AvgIpc) is 2.36. The van der Waals surface area contributed by atoms with Crippen LogP contribution in [0.4, 0.5) is 13.2 Å². The molecule has 0 saturated heterocycles. The second-order valence-electron chi connectivity index (χ2n) is 4.56. The molecule has 1 rings (SSSR count). The highest BCUT2D eigenvalue weighted by Gasteiger charge is 2.33. The smallest absolute Gasteiger partial charge is 0.409 e. The molecule has 0 aliphatic carbocycles. The lowest BCUT2D eigenvalue weighted by Gasteiger charge is -2.12. The van der Waals surface area contributed by atoms with E-state index in [1.54, 1.807) is 0 Å². The van der Waals surface area contributed by atoms with Crippen LogP contribution in [0.5, 0.6) is 0 Å². The van der Waals surface area contributed by atoms with Crippen LogP contribution in [0.15, 0.2) is 22.3 Å². The number of thioether (sulfide) groups is 1. The highest BCUT2D eigenvalue weighted by molar-refractivity contribution is 7.99. The Bertz CT molecular complexity index is 489. The van der Waals surface area contributed by atoms with Gasteiger partial charge < -0.3 is 10.9 Å². The zero-order valence-corrected chi connectivity index (χ0v) is 11.9. The molecule has 1 heterocycles. The van der Waals surface area contributed by atoms with Crippen molar-refractivity contribution < 1.29 is 18.4 Å². The van der Waals surface area contributed by atoms with Crippen molar-refractivity contribution in [2.75, 3.05) is 5.75 Å². The van der Waals surface area contributed by atoms with Crippen molar-refractivity contribution in [3.8, 4) is 0 Å². The molecule has 0 radical (unpaired) electrons. The van der Waals surface area contributed by atoms with Crippen LogP contribution in [0, 0.1) is 5.92 Å². The molecule has 0 aliphatic rings. The van der Waals surface area contributed by atoms with Crippen molar-refractivity contribution in [1.82, 2.24) is 4.98 Å². The van der Waals surface area contributed by atoms with E-state index in [0.29, 0.717) is 11.7 Å². The van der Waals surface area contributed by atoms with Crippen LogP contribution >= 0.6 is 11.8 Å². The Labute approximate surface area is 119 Å². The summed E-state index contributed by atoms with van der Waals surface area (Å²) in [5.74, 6) is 0.788. The van der Waals surface area contributed by atoms with Gasteiger partial charge in [0.2, 0.25) is 0 Å². The number of amidine groups is 1. The first-order valence-electron chi connectivity index (χ1n) is 5.94. The molecule has 0 fully saturated rings. The summed E-state index contributed by atoms with van der Waals surface area (Å²) in [4.78, 5) is 3.58. The van der Waals surface area contributed by atoms with E-state index < -0.39 is 11.9 Å². The molecule has 0 atom stereocenters. The van der Waals surface area contributed by atoms with E-state index in [4.69, 9.17) is 10.9 Å². The standard InChI is InChI=1S/C12H16F3N3OS/c1-7(2)5-6-20-11-8(10(16)18-19)3-4-9(17-11)12(13,14)15/h3-4,7,19H,5-6H2,1-2H3,(H2,16,18). The Morgan fingerprint density at radius 3 is 2.60 bits per heavy atom. The Morgan fingerprint density at radius 2 is 2.10 bits per heavy atom. The predicted octanol–water partition coefficient (Wildman–Crippen LogP) is 3.33. The van der Waals surface area contributed by atoms with E-state index in [9.17, 15) is 13.2 Å². The summed E-state index contributed by atoms with van der Waals surface area (Å²) in [6, 6.07) is 1.99. The zero-order chi connectivity index (χ0) is 15.3. The van der Waals surface area contributed by atoms with E-state index >= 15 is 0 Å². The summed E-state index contributed by atoms with van der Waals surface area (Å²) in [6.45, 7) is 4.04. The number of pyridine rings is 1. The number of nitrogens with zero attached hydrogens (tertiary/aromatic N) is 2. The summed E-state index contributed by atoms with van der Waals surface area (Å²) in [6.07, 6.45) is -3.69. The van der Waals surface area contributed by atoms with Gasteiger partial charge in [-0.2, -0.15) is 13.2 Å². The summed E-state index contributed by atoms with van der Waals surface area (Å²) in [5, 5.41) is 11.6. The van der Waals surface area contributed by atoms with Gasteiger partial charge in [0.1, 0.15) is 10.7 Å². The number of aromatic nitrogens is 1. The van der Waals surface area contributed by atoms with Gasteiger partial charge in [-0.25, -0.2) is 4.98 Å². The maximum Gasteiger partial charge on any atom is 0.433 e. The minimum absolute atomic E-state index is 0.121. The van der Waals surface area contributed by atoms with Gasteiger partial charge in [0.15, 0.2) is 5.84 Å². The van der Waals surface area contributed by atoms with Crippen molar-refractivity contribution in [2.24, 2.45) is 16.8 Å². The fourth-order valence-corrected chi connectivity index (χ4v) is 2.62. The highest BCUT2D eigenvalue weighted by atomic mass is 32.2. The molecule has 0 bridgehead atoms. The Hall–Kier alpha value is -1.44. The lowest BCUT2D eigenvalue weighted by Crippen LogP contribution is -2.17. The van der Waals surface area contributed by atoms with Crippen LogP contribution in [0.3, 0.4) is 0 Å². The lowest BCUT2D eigenvalue weighted by molar-refractivity contribution is -0.141. The monoisotopic (exact) mass is 307 g/mol. The SMILES string of the molecule is CC(C)CCSc1nc(C(F)(F)F)ccc1/C(N)=N/O. The molecule has 0 spiro atoms. The van der Waals surface area contributed by atoms with E-state index in [0.717, 1.165) is 12.5 Å². The summed E-state index contributed by atoms with van der Waals surface area (Å²) >= 11 is 1.17. The van der Waals surface area contributed by atoms with Gasteiger partial charge in [-0.15, -0.1) is 11.8 Å². The van der Waals surface area contributed by atoms with Crippen LogP contribution in [0.1, 0.15) is 31.5 Å². The van der Waals surface area contributed by atoms with E-state index in [-0.39, 0.29) is 16.4 Å². The van der Waals surface area contributed by atoms with Crippen LogP contribution in [0.2, 0.25) is 0 Å². The first-order chi connectivity index (χ1) is 9.25. The number of hydrogen-bond donors (Lipinski definition) is 2. The third-order valence-electron chi connectivity index (χ3n) is 2.47. The molecule has 0 saturated carbocycles. The van der Waals surface area contributed by atoms with Gasteiger partial charge in [-0.05, 0) is 30.2 Å². The van der Waals surface area contributed by atoms with Gasteiger partial charge in [0.05, 0.1) is 5.56 Å². The van der Waals surface area contributed by atoms with Crippen LogP contribution in [-0.2, 0) is 6.18 Å². The molecule has 20 heavy (non-hydrogen) atoms. The third-order valence-corrected chi connectivity index (χ3v) is 3.49. The highest BCUT2D eigenvalue weighted by Crippen LogP contribution is 2.31. The lowest BCUT2D eigenvalue weighted by atomic mass is 10.2. The Morgan fingerprint density at radius 1 is 1.45 bits per heavy atom. The molecule has 3 N–H and O–H groups in total. The minimum Gasteiger partial charge on any atom is -0.409 e. The van der Waals surface area contributed by atoms with Gasteiger partial charge in [0, 0.05) is 0 Å². The largest absolute Gasteiger partial charge is 0.433 e. The zero-order valence-electron chi connectivity index (χ0n) is 11.1. The molecule has 8 heteroatoms. The number of nitrogens with two attached hydrogens (primary N) is 1. The first kappa shape index (κ1) is 16.6. The van der Waals surface area contributed by atoms with Crippen LogP contribution < -0.4 is 5.73 Å². The maximum absolute atomic E-state index is 12.7. The van der Waals surface area contributed by atoms with Crippen LogP contribution in [-0.4, -0.2) is 21.8 Å². The van der Waals surface area contributed by atoms with E-state index in [1.807, 2.05) is 13.8 Å². The molecular formula is C12H16F3N3OS. The van der Waals surface area contributed by atoms with E-state index in [2.05, 4.69) is 10.1 Å². The Kier molecular flexibility index (Phi) is 5.67. The van der Waals surface area contributed by atoms with Gasteiger partial charge >= 0.3 is 6.18 Å². The fraction of sp³-hybridized carbons (Fsp3) is 0.500. The second-order valence-corrected chi connectivity index (χ2v) is 5.65. The topological polar surface area (TPSA) is 71.5 Å². The minimum atomic E-state index is -4.52. The molecule has 1 aromatic heterocycles. The fourth-order valence-electron chi connectivity index (χ4n) is 1.35. The van der Waals surface area contributed by atoms with Crippen molar-refractivity contribution in [2.45, 2.75) is 31.5 Å². The van der Waals surface area contributed by atoms with Crippen molar-refractivity contribution >= 4 is 17.6 Å². The average molecular weight is 307 g/mol. The molecule has 1 aromatic rings. The van der Waals surface area contributed by atoms with Crippen LogP contribution in [0.25, 0.3) is 0 Å². The number of hydrogen-bond acceptors (Lipinski definition) is 4. The summed E-state index contributed by atoms with van der Waals surface area (Å²) < 4.78 is 38.0. The molecule has 0 aromatic carbocycles. The van der Waals surface area contributed by atoms with Crippen molar-refractivity contribution in [3.05, 3.63) is 23.4 Å². The number of alkyl halides is 3. The number of halogens is 3. The number of rotatable bonds is 5. The second kappa shape index (κ2) is 6.83. The first-order valence-corrected chi connectivity index (χ1v) is 6.93. The molecule has 0 aliphatic heterocycles. The summed E-state index contributed by atoms with van der Waals surface area (Å²) in [5.41, 5.74) is 4.67. The Balaban J connectivity index is 3.07.